The third-order valence-corrected chi connectivity index (χ3v) is 6.53. The van der Waals surface area contributed by atoms with Gasteiger partial charge in [0.2, 0.25) is 5.91 Å². The lowest BCUT2D eigenvalue weighted by molar-refractivity contribution is -0.138. The molecule has 0 aromatic heterocycles. The molecule has 0 aliphatic carbocycles. The van der Waals surface area contributed by atoms with E-state index in [1.807, 2.05) is 0 Å². The molecule has 1 amide bonds. The molecule has 33 heavy (non-hydrogen) atoms. The Hall–Kier alpha value is -3.33. The van der Waals surface area contributed by atoms with Crippen molar-refractivity contribution in [3.8, 4) is 0 Å². The number of aromatic carboxylic acids is 1. The number of carboxylic acid groups (broad SMARTS) is 1. The third kappa shape index (κ3) is 4.88. The molecule has 0 fully saturated rings. The Morgan fingerprint density at radius 2 is 1.73 bits per heavy atom. The van der Waals surface area contributed by atoms with Crippen molar-refractivity contribution in [2.24, 2.45) is 0 Å². The molecule has 3 aromatic rings. The zero-order chi connectivity index (χ0) is 23.8. The van der Waals surface area contributed by atoms with Crippen molar-refractivity contribution in [3.05, 3.63) is 94.8 Å². The summed E-state index contributed by atoms with van der Waals surface area (Å²) in [7, 11) is 0. The first-order valence-corrected chi connectivity index (χ1v) is 10.8. The first-order chi connectivity index (χ1) is 15.6. The van der Waals surface area contributed by atoms with Crippen molar-refractivity contribution in [2.75, 3.05) is 4.90 Å². The van der Waals surface area contributed by atoms with Crippen molar-refractivity contribution in [1.82, 2.24) is 0 Å². The van der Waals surface area contributed by atoms with Gasteiger partial charge in [-0.2, -0.15) is 13.2 Å². The molecule has 4 rings (SSSR count). The maximum Gasteiger partial charge on any atom is 0.416 e. The highest BCUT2D eigenvalue weighted by atomic mass is 32.2. The van der Waals surface area contributed by atoms with Gasteiger partial charge in [0, 0.05) is 4.90 Å². The number of carbonyl (C=O) groups excluding carboxylic acids is 1. The summed E-state index contributed by atoms with van der Waals surface area (Å²) in [5, 5.41) is 8.33. The minimum atomic E-state index is -4.58. The number of rotatable bonds is 5. The van der Waals surface area contributed by atoms with Crippen LogP contribution in [0.4, 0.5) is 23.2 Å². The Kier molecular flexibility index (Phi) is 6.16. The van der Waals surface area contributed by atoms with Crippen LogP contribution in [0.2, 0.25) is 0 Å². The first kappa shape index (κ1) is 22.8. The minimum absolute atomic E-state index is 0.0647. The van der Waals surface area contributed by atoms with Crippen molar-refractivity contribution in [2.45, 2.75) is 29.3 Å². The Bertz CT molecular complexity index is 1210. The van der Waals surface area contributed by atoms with E-state index in [2.05, 4.69) is 0 Å². The number of carboxylic acids is 1. The number of anilines is 1. The topological polar surface area (TPSA) is 57.6 Å². The van der Waals surface area contributed by atoms with Gasteiger partial charge in [-0.3, -0.25) is 4.79 Å². The van der Waals surface area contributed by atoms with Crippen LogP contribution < -0.4 is 4.90 Å². The SMILES string of the molecule is O=C(O)c1ccc(C[C@@H]2Sc3cc(F)ccc3N(Cc3ccccc3C(F)(F)F)C2=O)cc1. The smallest absolute Gasteiger partial charge is 0.416 e. The Morgan fingerprint density at radius 3 is 2.39 bits per heavy atom. The monoisotopic (exact) mass is 475 g/mol. The third-order valence-electron chi connectivity index (χ3n) is 5.30. The largest absolute Gasteiger partial charge is 0.478 e. The lowest BCUT2D eigenvalue weighted by atomic mass is 10.0. The Morgan fingerprint density at radius 1 is 1.03 bits per heavy atom. The predicted molar refractivity (Wildman–Crippen MR) is 116 cm³/mol. The average molecular weight is 475 g/mol. The van der Waals surface area contributed by atoms with E-state index in [1.54, 1.807) is 12.1 Å². The fourth-order valence-corrected chi connectivity index (χ4v) is 4.99. The molecule has 1 heterocycles. The lowest BCUT2D eigenvalue weighted by Gasteiger charge is -2.34. The van der Waals surface area contributed by atoms with Gasteiger partial charge in [0.15, 0.2) is 0 Å². The van der Waals surface area contributed by atoms with Crippen LogP contribution in [0.25, 0.3) is 0 Å². The van der Waals surface area contributed by atoms with Gasteiger partial charge < -0.3 is 10.0 Å². The van der Waals surface area contributed by atoms with Crippen LogP contribution in [0.5, 0.6) is 0 Å². The number of alkyl halides is 3. The van der Waals surface area contributed by atoms with Gasteiger partial charge in [0.25, 0.3) is 0 Å². The van der Waals surface area contributed by atoms with Crippen molar-refractivity contribution >= 4 is 29.3 Å². The number of hydrogen-bond donors (Lipinski definition) is 1. The Balaban J connectivity index is 1.68. The van der Waals surface area contributed by atoms with E-state index in [0.717, 1.165) is 17.8 Å². The summed E-state index contributed by atoms with van der Waals surface area (Å²) in [5.74, 6) is -2.00. The molecule has 0 saturated heterocycles. The standard InChI is InChI=1S/C24H17F4NO3S/c25-17-9-10-19-20(12-17)33-21(11-14-5-7-15(8-6-14)23(31)32)22(30)29(19)13-16-3-1-2-4-18(16)24(26,27)28/h1-10,12,21H,11,13H2,(H,31,32)/t21-/m0/s1. The van der Waals surface area contributed by atoms with Crippen LogP contribution in [0.1, 0.15) is 27.0 Å². The van der Waals surface area contributed by atoms with Gasteiger partial charge in [-0.25, -0.2) is 9.18 Å². The highest BCUT2D eigenvalue weighted by molar-refractivity contribution is 8.01. The highest BCUT2D eigenvalue weighted by Crippen LogP contribution is 2.42. The molecule has 3 aromatic carbocycles. The van der Waals surface area contributed by atoms with Crippen LogP contribution in [-0.2, 0) is 23.9 Å². The van der Waals surface area contributed by atoms with Crippen LogP contribution in [0.15, 0.2) is 71.6 Å². The first-order valence-electron chi connectivity index (χ1n) is 9.88. The van der Waals surface area contributed by atoms with Crippen molar-refractivity contribution < 1.29 is 32.3 Å². The number of fused-ring (bicyclic) bond motifs is 1. The molecule has 1 aliphatic rings. The van der Waals surface area contributed by atoms with E-state index in [9.17, 15) is 27.2 Å². The summed E-state index contributed by atoms with van der Waals surface area (Å²) < 4.78 is 54.4. The summed E-state index contributed by atoms with van der Waals surface area (Å²) in [5.41, 5.74) is 0.229. The number of nitrogens with zero attached hydrogens (tertiary/aromatic N) is 1. The molecule has 0 radical (unpaired) electrons. The second kappa shape index (κ2) is 8.90. The molecule has 1 atom stereocenters. The second-order valence-corrected chi connectivity index (χ2v) is 8.75. The number of hydrogen-bond acceptors (Lipinski definition) is 3. The number of amides is 1. The van der Waals surface area contributed by atoms with Crippen LogP contribution in [0, 0.1) is 5.82 Å². The summed E-state index contributed by atoms with van der Waals surface area (Å²) in [6.07, 6.45) is -4.38. The van der Waals surface area contributed by atoms with Gasteiger partial charge in [-0.15, -0.1) is 11.8 Å². The molecule has 0 bridgehead atoms. The summed E-state index contributed by atoms with van der Waals surface area (Å²) >= 11 is 1.14. The molecule has 4 nitrogen and oxygen atoms in total. The molecule has 0 unspecified atom stereocenters. The van der Waals surface area contributed by atoms with E-state index in [0.29, 0.717) is 16.1 Å². The molecule has 1 aliphatic heterocycles. The fraction of sp³-hybridized carbons (Fsp3) is 0.167. The maximum atomic E-state index is 13.9. The molecular formula is C24H17F4NO3S. The number of benzene rings is 3. The van der Waals surface area contributed by atoms with Gasteiger partial charge in [0.1, 0.15) is 5.82 Å². The van der Waals surface area contributed by atoms with E-state index in [4.69, 9.17) is 5.11 Å². The molecule has 1 N–H and O–H groups in total. The normalized spacial score (nSPS) is 15.9. The van der Waals surface area contributed by atoms with Crippen LogP contribution in [-0.4, -0.2) is 22.2 Å². The number of halogens is 4. The summed E-state index contributed by atoms with van der Waals surface area (Å²) in [4.78, 5) is 26.1. The van der Waals surface area contributed by atoms with Gasteiger partial charge in [-0.05, 0) is 53.9 Å². The van der Waals surface area contributed by atoms with E-state index in [1.165, 1.54) is 53.4 Å². The quantitative estimate of drug-likeness (QED) is 0.475. The van der Waals surface area contributed by atoms with Gasteiger partial charge >= 0.3 is 12.1 Å². The molecule has 0 spiro atoms. The zero-order valence-electron chi connectivity index (χ0n) is 17.0. The number of carbonyl (C=O) groups is 2. The molecule has 170 valence electrons. The zero-order valence-corrected chi connectivity index (χ0v) is 17.8. The van der Waals surface area contributed by atoms with Crippen LogP contribution in [0.3, 0.4) is 0 Å². The number of thioether (sulfide) groups is 1. The van der Waals surface area contributed by atoms with Gasteiger partial charge in [-0.1, -0.05) is 30.3 Å². The van der Waals surface area contributed by atoms with E-state index in [-0.39, 0.29) is 24.1 Å². The molecule has 0 saturated carbocycles. The van der Waals surface area contributed by atoms with E-state index < -0.39 is 34.7 Å². The lowest BCUT2D eigenvalue weighted by Crippen LogP contribution is -2.41. The van der Waals surface area contributed by atoms with Crippen LogP contribution >= 0.6 is 11.8 Å². The Labute approximate surface area is 190 Å². The predicted octanol–water partition coefficient (Wildman–Crippen LogP) is 5.79. The summed E-state index contributed by atoms with van der Waals surface area (Å²) in [6, 6.07) is 14.9. The van der Waals surface area contributed by atoms with Crippen molar-refractivity contribution in [1.29, 1.82) is 0 Å². The molecular weight excluding hydrogens is 458 g/mol. The second-order valence-electron chi connectivity index (χ2n) is 7.50. The molecule has 9 heteroatoms. The van der Waals surface area contributed by atoms with Gasteiger partial charge in [0.05, 0.1) is 28.6 Å². The highest BCUT2D eigenvalue weighted by Gasteiger charge is 2.37. The summed E-state index contributed by atoms with van der Waals surface area (Å²) in [6.45, 7) is -0.317. The maximum absolute atomic E-state index is 13.9. The van der Waals surface area contributed by atoms with E-state index >= 15 is 0 Å². The fourth-order valence-electron chi connectivity index (χ4n) is 3.70. The minimum Gasteiger partial charge on any atom is -0.478 e. The average Bonchev–Trinajstić information content (AvgIpc) is 2.76. The van der Waals surface area contributed by atoms with Crippen molar-refractivity contribution in [3.63, 3.8) is 0 Å².